The lowest BCUT2D eigenvalue weighted by Crippen LogP contribution is -2.32. The fraction of sp³-hybridized carbons (Fsp3) is 1.00. The van der Waals surface area contributed by atoms with Crippen molar-refractivity contribution in [2.45, 2.75) is 13.3 Å². The number of halogens is 2. The molecule has 12 heavy (non-hydrogen) atoms. The van der Waals surface area contributed by atoms with Gasteiger partial charge in [0.1, 0.15) is 0 Å². The van der Waals surface area contributed by atoms with Crippen LogP contribution in [0.4, 0.5) is 0 Å². The Kier molecular flexibility index (Phi) is 7.54. The third-order valence-electron chi connectivity index (χ3n) is 2.16. The average Bonchev–Trinajstić information content (AvgIpc) is 2.12. The van der Waals surface area contributed by atoms with Crippen LogP contribution in [0, 0.1) is 5.41 Å². The van der Waals surface area contributed by atoms with Gasteiger partial charge in [0.25, 0.3) is 0 Å². The lowest BCUT2D eigenvalue weighted by Gasteiger charge is -2.26. The summed E-state index contributed by atoms with van der Waals surface area (Å²) in [5.74, 6) is 0. The molecule has 1 saturated heterocycles. The van der Waals surface area contributed by atoms with E-state index < -0.39 is 0 Å². The van der Waals surface area contributed by atoms with Crippen LogP contribution >= 0.6 is 24.8 Å². The molecule has 1 N–H and O–H groups in total. The largest absolute Gasteiger partial charge is 0.316 e. The fourth-order valence-electron chi connectivity index (χ4n) is 1.77. The summed E-state index contributed by atoms with van der Waals surface area (Å²) >= 11 is 0. The van der Waals surface area contributed by atoms with Gasteiger partial charge in [0, 0.05) is 13.1 Å². The summed E-state index contributed by atoms with van der Waals surface area (Å²) in [5.41, 5.74) is 0.531. The highest BCUT2D eigenvalue weighted by atomic mass is 35.5. The Morgan fingerprint density at radius 3 is 2.25 bits per heavy atom. The summed E-state index contributed by atoms with van der Waals surface area (Å²) in [5, 5.41) is 3.39. The molecule has 0 bridgehead atoms. The van der Waals surface area contributed by atoms with Crippen molar-refractivity contribution in [3.8, 4) is 0 Å². The smallest absolute Gasteiger partial charge is 0.00419 e. The molecule has 0 aromatic heterocycles. The minimum Gasteiger partial charge on any atom is -0.316 e. The Bertz CT molecular complexity index is 112. The fourth-order valence-corrected chi connectivity index (χ4v) is 1.77. The van der Waals surface area contributed by atoms with E-state index in [1.807, 2.05) is 0 Å². The van der Waals surface area contributed by atoms with Crippen molar-refractivity contribution in [1.29, 1.82) is 0 Å². The maximum absolute atomic E-state index is 3.39. The second-order valence-electron chi connectivity index (χ2n) is 3.98. The molecule has 2 nitrogen and oxygen atoms in total. The van der Waals surface area contributed by atoms with Gasteiger partial charge in [-0.3, -0.25) is 0 Å². The van der Waals surface area contributed by atoms with Crippen LogP contribution in [0.15, 0.2) is 0 Å². The molecule has 0 aromatic carbocycles. The second kappa shape index (κ2) is 6.03. The van der Waals surface area contributed by atoms with Gasteiger partial charge in [0.2, 0.25) is 0 Å². The highest BCUT2D eigenvalue weighted by molar-refractivity contribution is 5.85. The highest BCUT2D eigenvalue weighted by Crippen LogP contribution is 2.24. The molecule has 0 aliphatic carbocycles. The van der Waals surface area contributed by atoms with Crippen molar-refractivity contribution in [3.05, 3.63) is 0 Å². The van der Waals surface area contributed by atoms with E-state index in [0.29, 0.717) is 5.41 Å². The maximum atomic E-state index is 3.39. The quantitative estimate of drug-likeness (QED) is 0.748. The molecule has 1 fully saturated rings. The minimum atomic E-state index is 0. The Labute approximate surface area is 87.9 Å². The van der Waals surface area contributed by atoms with E-state index in [-0.39, 0.29) is 24.8 Å². The summed E-state index contributed by atoms with van der Waals surface area (Å²) in [4.78, 5) is 2.27. The SMILES string of the molecule is CN(C)CC1(C)CCNC1.Cl.Cl. The predicted octanol–water partition coefficient (Wildman–Crippen LogP) is 1.39. The Morgan fingerprint density at radius 2 is 1.92 bits per heavy atom. The molecule has 1 aliphatic heterocycles. The molecule has 0 amide bonds. The van der Waals surface area contributed by atoms with E-state index in [4.69, 9.17) is 0 Å². The number of hydrogen-bond acceptors (Lipinski definition) is 2. The first-order valence-corrected chi connectivity index (χ1v) is 3.98. The minimum absolute atomic E-state index is 0. The van der Waals surface area contributed by atoms with Crippen molar-refractivity contribution in [2.75, 3.05) is 33.7 Å². The lowest BCUT2D eigenvalue weighted by atomic mass is 9.89. The molecular formula is C8H20Cl2N2. The summed E-state index contributed by atoms with van der Waals surface area (Å²) in [6, 6.07) is 0. The molecule has 4 heteroatoms. The number of nitrogens with one attached hydrogen (secondary N) is 1. The van der Waals surface area contributed by atoms with E-state index in [2.05, 4.69) is 31.2 Å². The van der Waals surface area contributed by atoms with Gasteiger partial charge in [-0.1, -0.05) is 6.92 Å². The molecule has 0 saturated carbocycles. The van der Waals surface area contributed by atoms with Crippen molar-refractivity contribution in [3.63, 3.8) is 0 Å². The van der Waals surface area contributed by atoms with Gasteiger partial charge in [-0.15, -0.1) is 24.8 Å². The molecule has 1 heterocycles. The Balaban J connectivity index is 0. The zero-order valence-corrected chi connectivity index (χ0v) is 9.73. The van der Waals surface area contributed by atoms with Crippen molar-refractivity contribution in [2.24, 2.45) is 5.41 Å². The maximum Gasteiger partial charge on any atom is 0.00419 e. The number of rotatable bonds is 2. The first-order valence-electron chi connectivity index (χ1n) is 3.98. The van der Waals surface area contributed by atoms with Gasteiger partial charge >= 0.3 is 0 Å². The molecule has 1 aliphatic rings. The summed E-state index contributed by atoms with van der Waals surface area (Å²) < 4.78 is 0. The molecule has 1 rings (SSSR count). The standard InChI is InChI=1S/C8H18N2.2ClH/c1-8(7-10(2)3)4-5-9-6-8;;/h9H,4-7H2,1-3H3;2*1H. The predicted molar refractivity (Wildman–Crippen MR) is 58.6 cm³/mol. The van der Waals surface area contributed by atoms with Gasteiger partial charge in [-0.05, 0) is 32.5 Å². The summed E-state index contributed by atoms with van der Waals surface area (Å²) in [6.07, 6.45) is 1.32. The van der Waals surface area contributed by atoms with Crippen LogP contribution in [0.3, 0.4) is 0 Å². The van der Waals surface area contributed by atoms with Crippen LogP contribution in [-0.2, 0) is 0 Å². The van der Waals surface area contributed by atoms with Crippen molar-refractivity contribution >= 4 is 24.8 Å². The van der Waals surface area contributed by atoms with Gasteiger partial charge in [-0.25, -0.2) is 0 Å². The van der Waals surface area contributed by atoms with Crippen LogP contribution in [0.1, 0.15) is 13.3 Å². The third-order valence-corrected chi connectivity index (χ3v) is 2.16. The first kappa shape index (κ1) is 15.0. The van der Waals surface area contributed by atoms with Crippen LogP contribution in [-0.4, -0.2) is 38.6 Å². The summed E-state index contributed by atoms with van der Waals surface area (Å²) in [6.45, 7) is 5.95. The number of hydrogen-bond donors (Lipinski definition) is 1. The lowest BCUT2D eigenvalue weighted by molar-refractivity contribution is 0.240. The summed E-state index contributed by atoms with van der Waals surface area (Å²) in [7, 11) is 4.28. The van der Waals surface area contributed by atoms with E-state index >= 15 is 0 Å². The van der Waals surface area contributed by atoms with E-state index in [0.717, 1.165) is 0 Å². The van der Waals surface area contributed by atoms with Crippen molar-refractivity contribution < 1.29 is 0 Å². The van der Waals surface area contributed by atoms with Gasteiger partial charge in [-0.2, -0.15) is 0 Å². The second-order valence-corrected chi connectivity index (χ2v) is 3.98. The molecule has 76 valence electrons. The molecule has 0 aromatic rings. The normalized spacial score (nSPS) is 28.0. The topological polar surface area (TPSA) is 15.3 Å². The van der Waals surface area contributed by atoms with E-state index in [1.54, 1.807) is 0 Å². The van der Waals surface area contributed by atoms with Crippen LogP contribution in [0.25, 0.3) is 0 Å². The average molecular weight is 215 g/mol. The van der Waals surface area contributed by atoms with Gasteiger partial charge < -0.3 is 10.2 Å². The molecule has 0 radical (unpaired) electrons. The van der Waals surface area contributed by atoms with Crippen LogP contribution in [0.5, 0.6) is 0 Å². The highest BCUT2D eigenvalue weighted by Gasteiger charge is 2.28. The monoisotopic (exact) mass is 214 g/mol. The Morgan fingerprint density at radius 1 is 1.33 bits per heavy atom. The van der Waals surface area contributed by atoms with Crippen LogP contribution < -0.4 is 5.32 Å². The van der Waals surface area contributed by atoms with Gasteiger partial charge in [0.15, 0.2) is 0 Å². The Hall–Kier alpha value is 0.500. The van der Waals surface area contributed by atoms with E-state index in [1.165, 1.54) is 26.1 Å². The molecule has 1 atom stereocenters. The zero-order valence-electron chi connectivity index (χ0n) is 8.09. The third kappa shape index (κ3) is 4.51. The molecular weight excluding hydrogens is 195 g/mol. The van der Waals surface area contributed by atoms with Crippen LogP contribution in [0.2, 0.25) is 0 Å². The van der Waals surface area contributed by atoms with Gasteiger partial charge in [0.05, 0.1) is 0 Å². The van der Waals surface area contributed by atoms with Crippen molar-refractivity contribution in [1.82, 2.24) is 10.2 Å². The molecule has 0 spiro atoms. The van der Waals surface area contributed by atoms with E-state index in [9.17, 15) is 0 Å². The molecule has 1 unspecified atom stereocenters. The first-order chi connectivity index (χ1) is 4.62. The number of nitrogens with zero attached hydrogens (tertiary/aromatic N) is 1. The zero-order chi connectivity index (χ0) is 7.61.